The molecule has 3 nitrogen and oxygen atoms in total. The van der Waals surface area contributed by atoms with Crippen LogP contribution in [-0.4, -0.2) is 34.6 Å². The van der Waals surface area contributed by atoms with Gasteiger partial charge in [-0.2, -0.15) is 0 Å². The number of rotatable bonds is 4. The van der Waals surface area contributed by atoms with Crippen molar-refractivity contribution in [3.8, 4) is 0 Å². The minimum atomic E-state index is 0.259. The lowest BCUT2D eigenvalue weighted by Gasteiger charge is -2.20. The second kappa shape index (κ2) is 8.02. The van der Waals surface area contributed by atoms with Crippen molar-refractivity contribution in [3.63, 3.8) is 0 Å². The first kappa shape index (κ1) is 17.3. The average molecular weight is 343 g/mol. The van der Waals surface area contributed by atoms with E-state index in [2.05, 4.69) is 38.1 Å². The van der Waals surface area contributed by atoms with Crippen LogP contribution in [-0.2, 0) is 11.2 Å². The van der Waals surface area contributed by atoms with Gasteiger partial charge in [-0.25, -0.2) is 4.98 Å². The lowest BCUT2D eigenvalue weighted by atomic mass is 10.1. The number of pyridine rings is 1. The van der Waals surface area contributed by atoms with Crippen LogP contribution in [0.15, 0.2) is 29.3 Å². The zero-order valence-electron chi connectivity index (χ0n) is 14.7. The van der Waals surface area contributed by atoms with E-state index in [0.29, 0.717) is 5.75 Å². The highest BCUT2D eigenvalue weighted by atomic mass is 32.2. The lowest BCUT2D eigenvalue weighted by Crippen LogP contribution is -2.33. The molecule has 1 aliphatic rings. The van der Waals surface area contributed by atoms with E-state index in [4.69, 9.17) is 4.98 Å². The molecule has 1 aliphatic heterocycles. The number of hydrogen-bond donors (Lipinski definition) is 0. The Balaban J connectivity index is 1.74. The van der Waals surface area contributed by atoms with Gasteiger partial charge in [0.2, 0.25) is 5.91 Å². The van der Waals surface area contributed by atoms with Crippen LogP contribution in [0.25, 0.3) is 10.9 Å². The molecular weight excluding hydrogens is 316 g/mol. The molecule has 0 bridgehead atoms. The predicted molar refractivity (Wildman–Crippen MR) is 102 cm³/mol. The highest BCUT2D eigenvalue weighted by Crippen LogP contribution is 2.26. The van der Waals surface area contributed by atoms with E-state index in [9.17, 15) is 4.79 Å². The third-order valence-corrected chi connectivity index (χ3v) is 5.70. The van der Waals surface area contributed by atoms with Gasteiger partial charge in [0, 0.05) is 18.5 Å². The topological polar surface area (TPSA) is 33.2 Å². The number of hydrogen-bond acceptors (Lipinski definition) is 3. The molecule has 0 spiro atoms. The van der Waals surface area contributed by atoms with E-state index in [1.54, 1.807) is 11.8 Å². The summed E-state index contributed by atoms with van der Waals surface area (Å²) < 4.78 is 0. The maximum Gasteiger partial charge on any atom is 0.232 e. The third kappa shape index (κ3) is 4.10. The Hall–Kier alpha value is -1.55. The SMILES string of the molecule is CCc1cc2ccc(C)cc2nc1SCC(=O)N1CCCCCC1. The maximum atomic E-state index is 12.5. The fourth-order valence-electron chi connectivity index (χ4n) is 3.22. The lowest BCUT2D eigenvalue weighted by molar-refractivity contribution is -0.128. The normalized spacial score (nSPS) is 15.5. The van der Waals surface area contributed by atoms with E-state index in [0.717, 1.165) is 42.9 Å². The van der Waals surface area contributed by atoms with Gasteiger partial charge in [-0.1, -0.05) is 43.7 Å². The molecule has 1 aromatic heterocycles. The van der Waals surface area contributed by atoms with Crippen molar-refractivity contribution in [1.82, 2.24) is 9.88 Å². The van der Waals surface area contributed by atoms with Crippen LogP contribution in [0.4, 0.5) is 0 Å². The van der Waals surface area contributed by atoms with Gasteiger partial charge in [0.15, 0.2) is 0 Å². The molecule has 3 rings (SSSR count). The number of fused-ring (bicyclic) bond motifs is 1. The Morgan fingerprint density at radius 2 is 1.92 bits per heavy atom. The Labute approximate surface area is 148 Å². The molecule has 0 aliphatic carbocycles. The fraction of sp³-hybridized carbons (Fsp3) is 0.500. The molecule has 0 unspecified atom stereocenters. The van der Waals surface area contributed by atoms with Crippen molar-refractivity contribution in [3.05, 3.63) is 35.4 Å². The van der Waals surface area contributed by atoms with E-state index in [1.807, 2.05) is 4.90 Å². The molecule has 0 saturated carbocycles. The molecule has 0 N–H and O–H groups in total. The molecule has 1 fully saturated rings. The van der Waals surface area contributed by atoms with Crippen molar-refractivity contribution in [2.75, 3.05) is 18.8 Å². The molecule has 2 heterocycles. The summed E-state index contributed by atoms with van der Waals surface area (Å²) in [6.45, 7) is 6.08. The third-order valence-electron chi connectivity index (χ3n) is 4.68. The number of benzene rings is 1. The number of aryl methyl sites for hydroxylation is 2. The van der Waals surface area contributed by atoms with Crippen molar-refractivity contribution in [2.45, 2.75) is 51.0 Å². The van der Waals surface area contributed by atoms with Gasteiger partial charge in [0.1, 0.15) is 5.03 Å². The van der Waals surface area contributed by atoms with E-state index in [-0.39, 0.29) is 5.91 Å². The molecule has 0 radical (unpaired) electrons. The van der Waals surface area contributed by atoms with Crippen LogP contribution in [0, 0.1) is 6.92 Å². The smallest absolute Gasteiger partial charge is 0.232 e. The summed E-state index contributed by atoms with van der Waals surface area (Å²) in [5.74, 6) is 0.757. The second-order valence-electron chi connectivity index (χ2n) is 6.59. The monoisotopic (exact) mass is 342 g/mol. The first-order valence-electron chi connectivity index (χ1n) is 8.98. The maximum absolute atomic E-state index is 12.5. The number of nitrogens with zero attached hydrogens (tertiary/aromatic N) is 2. The molecular formula is C20H26N2OS. The Morgan fingerprint density at radius 3 is 2.62 bits per heavy atom. The Morgan fingerprint density at radius 1 is 1.17 bits per heavy atom. The molecule has 24 heavy (non-hydrogen) atoms. The standard InChI is InChI=1S/C20H26N2OS/c1-3-16-13-17-9-8-15(2)12-18(17)21-20(16)24-14-19(23)22-10-6-4-5-7-11-22/h8-9,12-13H,3-7,10-11,14H2,1-2H3. The van der Waals surface area contributed by atoms with E-state index in [1.165, 1.54) is 29.4 Å². The summed E-state index contributed by atoms with van der Waals surface area (Å²) in [6.07, 6.45) is 5.73. The number of aromatic nitrogens is 1. The summed E-state index contributed by atoms with van der Waals surface area (Å²) in [4.78, 5) is 19.4. The largest absolute Gasteiger partial charge is 0.342 e. The van der Waals surface area contributed by atoms with Gasteiger partial charge in [-0.05, 0) is 49.4 Å². The van der Waals surface area contributed by atoms with Crippen LogP contribution in [0.2, 0.25) is 0 Å². The quantitative estimate of drug-likeness (QED) is 0.761. The molecule has 1 aromatic carbocycles. The van der Waals surface area contributed by atoms with E-state index >= 15 is 0 Å². The Kier molecular flexibility index (Phi) is 5.77. The van der Waals surface area contributed by atoms with Crippen LogP contribution in [0.1, 0.15) is 43.7 Å². The first-order valence-corrected chi connectivity index (χ1v) is 9.97. The zero-order valence-corrected chi connectivity index (χ0v) is 15.5. The van der Waals surface area contributed by atoms with E-state index < -0.39 is 0 Å². The summed E-state index contributed by atoms with van der Waals surface area (Å²) in [5, 5.41) is 2.19. The Bertz CT molecular complexity index is 721. The molecule has 128 valence electrons. The summed E-state index contributed by atoms with van der Waals surface area (Å²) in [7, 11) is 0. The van der Waals surface area contributed by atoms with Gasteiger partial charge in [-0.3, -0.25) is 4.79 Å². The molecule has 2 aromatic rings. The van der Waals surface area contributed by atoms with Gasteiger partial charge in [-0.15, -0.1) is 0 Å². The van der Waals surface area contributed by atoms with Crippen molar-refractivity contribution >= 4 is 28.6 Å². The first-order chi connectivity index (χ1) is 11.7. The van der Waals surface area contributed by atoms with Gasteiger partial charge >= 0.3 is 0 Å². The summed E-state index contributed by atoms with van der Waals surface area (Å²) in [5.41, 5.74) is 3.48. The molecule has 0 atom stereocenters. The minimum Gasteiger partial charge on any atom is -0.342 e. The van der Waals surface area contributed by atoms with Gasteiger partial charge in [0.05, 0.1) is 11.3 Å². The second-order valence-corrected chi connectivity index (χ2v) is 7.55. The van der Waals surface area contributed by atoms with Crippen LogP contribution in [0.5, 0.6) is 0 Å². The van der Waals surface area contributed by atoms with Crippen molar-refractivity contribution in [2.24, 2.45) is 0 Å². The van der Waals surface area contributed by atoms with Crippen LogP contribution in [0.3, 0.4) is 0 Å². The summed E-state index contributed by atoms with van der Waals surface area (Å²) in [6, 6.07) is 8.60. The number of carbonyl (C=O) groups is 1. The highest BCUT2D eigenvalue weighted by molar-refractivity contribution is 7.99. The predicted octanol–water partition coefficient (Wildman–Crippen LogP) is 4.60. The van der Waals surface area contributed by atoms with Crippen LogP contribution < -0.4 is 0 Å². The van der Waals surface area contributed by atoms with Gasteiger partial charge < -0.3 is 4.90 Å². The van der Waals surface area contributed by atoms with Crippen molar-refractivity contribution < 1.29 is 4.79 Å². The minimum absolute atomic E-state index is 0.259. The zero-order chi connectivity index (χ0) is 16.9. The molecule has 1 saturated heterocycles. The van der Waals surface area contributed by atoms with Gasteiger partial charge in [0.25, 0.3) is 0 Å². The van der Waals surface area contributed by atoms with Crippen LogP contribution >= 0.6 is 11.8 Å². The number of carbonyl (C=O) groups excluding carboxylic acids is 1. The van der Waals surface area contributed by atoms with Crippen molar-refractivity contribution in [1.29, 1.82) is 0 Å². The highest BCUT2D eigenvalue weighted by Gasteiger charge is 2.17. The number of amides is 1. The average Bonchev–Trinajstić information content (AvgIpc) is 2.88. The molecule has 1 amide bonds. The fourth-order valence-corrected chi connectivity index (χ4v) is 4.22. The number of likely N-dealkylation sites (tertiary alicyclic amines) is 1. The summed E-state index contributed by atoms with van der Waals surface area (Å²) >= 11 is 1.60. The number of thioether (sulfide) groups is 1. The molecule has 4 heteroatoms.